The van der Waals surface area contributed by atoms with E-state index in [0.29, 0.717) is 19.3 Å². The summed E-state index contributed by atoms with van der Waals surface area (Å²) < 4.78 is 16.9. The summed E-state index contributed by atoms with van der Waals surface area (Å²) in [5.74, 6) is -0.840. The number of ether oxygens (including phenoxy) is 3. The van der Waals surface area contributed by atoms with Crippen LogP contribution in [0.3, 0.4) is 0 Å². The van der Waals surface area contributed by atoms with Crippen LogP contribution in [0, 0.1) is 0 Å². The van der Waals surface area contributed by atoms with Crippen LogP contribution in [0.4, 0.5) is 0 Å². The molecule has 0 N–H and O–H groups in total. The predicted octanol–water partition coefficient (Wildman–Crippen LogP) is 26.2. The van der Waals surface area contributed by atoms with Crippen LogP contribution in [0.5, 0.6) is 0 Å². The van der Waals surface area contributed by atoms with Crippen molar-refractivity contribution in [2.24, 2.45) is 0 Å². The van der Waals surface area contributed by atoms with Crippen LogP contribution >= 0.6 is 0 Å². The van der Waals surface area contributed by atoms with E-state index in [1.54, 1.807) is 0 Å². The molecule has 0 aliphatic carbocycles. The summed E-state index contributed by atoms with van der Waals surface area (Å²) in [6.45, 7) is 6.66. The molecular weight excluding hydrogens is 1010 g/mol. The van der Waals surface area contributed by atoms with Gasteiger partial charge in [-0.05, 0) is 19.3 Å². The Morgan fingerprint density at radius 1 is 0.195 bits per heavy atom. The number of hydrogen-bond acceptors (Lipinski definition) is 6. The fourth-order valence-corrected chi connectivity index (χ4v) is 12.2. The zero-order valence-corrected chi connectivity index (χ0v) is 56.3. The van der Waals surface area contributed by atoms with E-state index < -0.39 is 6.10 Å². The minimum Gasteiger partial charge on any atom is -0.462 e. The largest absolute Gasteiger partial charge is 0.462 e. The van der Waals surface area contributed by atoms with Gasteiger partial charge in [-0.2, -0.15) is 0 Å². The van der Waals surface area contributed by atoms with Gasteiger partial charge in [0.1, 0.15) is 13.2 Å². The van der Waals surface area contributed by atoms with Crippen molar-refractivity contribution in [3.63, 3.8) is 0 Å². The van der Waals surface area contributed by atoms with E-state index in [9.17, 15) is 14.4 Å². The zero-order valence-electron chi connectivity index (χ0n) is 56.3. The van der Waals surface area contributed by atoms with Crippen molar-refractivity contribution in [1.82, 2.24) is 0 Å². The highest BCUT2D eigenvalue weighted by molar-refractivity contribution is 5.71. The number of carbonyl (C=O) groups is 3. The van der Waals surface area contributed by atoms with E-state index in [4.69, 9.17) is 14.2 Å². The van der Waals surface area contributed by atoms with Crippen LogP contribution in [0.1, 0.15) is 451 Å². The number of esters is 3. The Hall–Kier alpha value is -1.59. The molecule has 0 aromatic carbocycles. The van der Waals surface area contributed by atoms with E-state index >= 15 is 0 Å². The van der Waals surface area contributed by atoms with Crippen LogP contribution in [-0.4, -0.2) is 37.2 Å². The van der Waals surface area contributed by atoms with E-state index in [1.165, 1.54) is 347 Å². The number of unbranched alkanes of at least 4 members (excludes halogenated alkanes) is 61. The lowest BCUT2D eigenvalue weighted by Gasteiger charge is -2.18. The maximum Gasteiger partial charge on any atom is 0.306 e. The Morgan fingerprint density at radius 2 is 0.329 bits per heavy atom. The molecule has 0 aliphatic rings. The second-order valence-corrected chi connectivity index (χ2v) is 26.3. The number of rotatable bonds is 72. The number of hydrogen-bond donors (Lipinski definition) is 0. The molecule has 488 valence electrons. The van der Waals surface area contributed by atoms with Gasteiger partial charge in [-0.1, -0.05) is 412 Å². The van der Waals surface area contributed by atoms with Crippen molar-refractivity contribution in [1.29, 1.82) is 0 Å². The highest BCUT2D eigenvalue weighted by atomic mass is 16.6. The van der Waals surface area contributed by atoms with Gasteiger partial charge in [-0.3, -0.25) is 14.4 Å². The standard InChI is InChI=1S/C76H148O6/c1-4-7-10-13-15-17-19-21-23-25-27-29-31-33-34-35-36-37-38-39-40-41-43-44-46-48-50-52-54-56-58-60-63-66-69-75(78)81-72-73(71-80-74(77)68-65-62-12-9-6-3)82-76(79)70-67-64-61-59-57-55-53-51-49-47-45-42-32-30-28-26-24-22-20-18-16-14-11-8-5-2/h73H,4-72H2,1-3H3. The molecule has 0 aromatic heterocycles. The highest BCUT2D eigenvalue weighted by Gasteiger charge is 2.20. The molecule has 0 saturated carbocycles. The maximum absolute atomic E-state index is 12.9. The summed E-state index contributed by atoms with van der Waals surface area (Å²) in [6.07, 6.45) is 86.6. The summed E-state index contributed by atoms with van der Waals surface area (Å²) in [4.78, 5) is 38.1. The molecule has 0 spiro atoms. The number of carbonyl (C=O) groups excluding carboxylic acids is 3. The normalized spacial score (nSPS) is 11.9. The smallest absolute Gasteiger partial charge is 0.306 e. The Labute approximate surface area is 514 Å². The van der Waals surface area contributed by atoms with Gasteiger partial charge < -0.3 is 14.2 Å². The Balaban J connectivity index is 3.83. The minimum absolute atomic E-state index is 0.0620. The van der Waals surface area contributed by atoms with Crippen LogP contribution in [0.2, 0.25) is 0 Å². The first-order valence-electron chi connectivity index (χ1n) is 38.0. The van der Waals surface area contributed by atoms with Gasteiger partial charge >= 0.3 is 17.9 Å². The summed E-state index contributed by atoms with van der Waals surface area (Å²) in [7, 11) is 0. The lowest BCUT2D eigenvalue weighted by atomic mass is 10.0. The van der Waals surface area contributed by atoms with E-state index in [0.717, 1.165) is 64.2 Å². The fraction of sp³-hybridized carbons (Fsp3) is 0.961. The third-order valence-electron chi connectivity index (χ3n) is 17.9. The van der Waals surface area contributed by atoms with Gasteiger partial charge in [-0.15, -0.1) is 0 Å². The van der Waals surface area contributed by atoms with Crippen LogP contribution in [-0.2, 0) is 28.6 Å². The first kappa shape index (κ1) is 80.4. The van der Waals surface area contributed by atoms with Gasteiger partial charge in [0.25, 0.3) is 0 Å². The topological polar surface area (TPSA) is 78.9 Å². The average Bonchev–Trinajstić information content (AvgIpc) is 3.47. The summed E-state index contributed by atoms with van der Waals surface area (Å²) >= 11 is 0. The molecule has 0 heterocycles. The molecule has 0 amide bonds. The molecule has 82 heavy (non-hydrogen) atoms. The molecule has 6 heteroatoms. The van der Waals surface area contributed by atoms with Crippen molar-refractivity contribution in [3.8, 4) is 0 Å². The monoisotopic (exact) mass is 1160 g/mol. The molecule has 0 fully saturated rings. The Kier molecular flexibility index (Phi) is 70.5. The van der Waals surface area contributed by atoms with Crippen molar-refractivity contribution >= 4 is 17.9 Å². The van der Waals surface area contributed by atoms with Crippen molar-refractivity contribution in [2.45, 2.75) is 457 Å². The second-order valence-electron chi connectivity index (χ2n) is 26.3. The van der Waals surface area contributed by atoms with Gasteiger partial charge in [0.05, 0.1) is 0 Å². The molecular formula is C76H148O6. The van der Waals surface area contributed by atoms with E-state index in [1.807, 2.05) is 0 Å². The van der Waals surface area contributed by atoms with Crippen LogP contribution in [0.25, 0.3) is 0 Å². The van der Waals surface area contributed by atoms with Crippen molar-refractivity contribution in [2.75, 3.05) is 13.2 Å². The molecule has 0 radical (unpaired) electrons. The second kappa shape index (κ2) is 71.9. The fourth-order valence-electron chi connectivity index (χ4n) is 12.2. The van der Waals surface area contributed by atoms with Crippen LogP contribution in [0.15, 0.2) is 0 Å². The summed E-state index contributed by atoms with van der Waals surface area (Å²) in [6, 6.07) is 0. The third kappa shape index (κ3) is 69.2. The maximum atomic E-state index is 12.9. The van der Waals surface area contributed by atoms with E-state index in [-0.39, 0.29) is 31.1 Å². The molecule has 0 saturated heterocycles. The molecule has 1 atom stereocenters. The quantitative estimate of drug-likeness (QED) is 0.0343. The third-order valence-corrected chi connectivity index (χ3v) is 17.9. The van der Waals surface area contributed by atoms with Crippen LogP contribution < -0.4 is 0 Å². The van der Waals surface area contributed by atoms with Crippen molar-refractivity contribution < 1.29 is 28.6 Å². The molecule has 0 aliphatic heterocycles. The zero-order chi connectivity index (χ0) is 59.2. The lowest BCUT2D eigenvalue weighted by molar-refractivity contribution is -0.167. The molecule has 0 aromatic rings. The molecule has 6 nitrogen and oxygen atoms in total. The van der Waals surface area contributed by atoms with Gasteiger partial charge in [0.15, 0.2) is 6.10 Å². The first-order chi connectivity index (χ1) is 40.5. The first-order valence-corrected chi connectivity index (χ1v) is 38.0. The van der Waals surface area contributed by atoms with Gasteiger partial charge in [0, 0.05) is 19.3 Å². The molecule has 1 unspecified atom stereocenters. The Bertz CT molecular complexity index is 1240. The molecule has 0 bridgehead atoms. The lowest BCUT2D eigenvalue weighted by Crippen LogP contribution is -2.30. The highest BCUT2D eigenvalue weighted by Crippen LogP contribution is 2.20. The Morgan fingerprint density at radius 3 is 0.488 bits per heavy atom. The van der Waals surface area contributed by atoms with E-state index in [2.05, 4.69) is 20.8 Å². The van der Waals surface area contributed by atoms with Gasteiger partial charge in [-0.25, -0.2) is 0 Å². The summed E-state index contributed by atoms with van der Waals surface area (Å²) in [5, 5.41) is 0. The average molecular weight is 1160 g/mol. The minimum atomic E-state index is -0.761. The van der Waals surface area contributed by atoms with Gasteiger partial charge in [0.2, 0.25) is 0 Å². The van der Waals surface area contributed by atoms with Crippen molar-refractivity contribution in [3.05, 3.63) is 0 Å². The predicted molar refractivity (Wildman–Crippen MR) is 358 cm³/mol. The SMILES string of the molecule is CCCCCCCCCCCCCCCCCCCCCCCCCCCCCCCCCCCCC(=O)OCC(COC(=O)CCCCCCC)OC(=O)CCCCCCCCCCCCCCCCCCCCCCCCCCC. The summed E-state index contributed by atoms with van der Waals surface area (Å²) in [5.41, 5.74) is 0. The molecule has 0 rings (SSSR count).